The van der Waals surface area contributed by atoms with E-state index in [1.165, 1.54) is 19.4 Å². The minimum atomic E-state index is 0.691. The molecule has 4 heteroatoms. The minimum absolute atomic E-state index is 0.691. The first-order chi connectivity index (χ1) is 8.25. The van der Waals surface area contributed by atoms with E-state index in [-0.39, 0.29) is 0 Å². The Morgan fingerprint density at radius 1 is 1.06 bits per heavy atom. The zero-order valence-electron chi connectivity index (χ0n) is 9.70. The molecule has 0 saturated carbocycles. The van der Waals surface area contributed by atoms with Crippen molar-refractivity contribution in [2.45, 2.75) is 18.9 Å². The molecule has 2 aliphatic heterocycles. The van der Waals surface area contributed by atoms with E-state index in [9.17, 15) is 0 Å². The Morgan fingerprint density at radius 2 is 1.82 bits per heavy atom. The number of nitrogens with zero attached hydrogens (tertiary/aromatic N) is 2. The van der Waals surface area contributed by atoms with E-state index in [0.717, 1.165) is 35.4 Å². The molecule has 0 radical (unpaired) electrons. The van der Waals surface area contributed by atoms with Gasteiger partial charge in [0.15, 0.2) is 0 Å². The third kappa shape index (κ3) is 2.14. The molecule has 0 spiro atoms. The van der Waals surface area contributed by atoms with Crippen LogP contribution in [0.2, 0.25) is 10.0 Å². The maximum absolute atomic E-state index is 6.27. The molecule has 0 aliphatic carbocycles. The van der Waals surface area contributed by atoms with Crippen molar-refractivity contribution in [3.05, 3.63) is 28.2 Å². The average Bonchev–Trinajstić information content (AvgIpc) is 2.76. The summed E-state index contributed by atoms with van der Waals surface area (Å²) >= 11 is 12.5. The van der Waals surface area contributed by atoms with Crippen molar-refractivity contribution < 1.29 is 0 Å². The van der Waals surface area contributed by atoms with Gasteiger partial charge in [0, 0.05) is 25.7 Å². The fraction of sp³-hybridized carbons (Fsp3) is 0.538. The molecule has 17 heavy (non-hydrogen) atoms. The van der Waals surface area contributed by atoms with Gasteiger partial charge in [-0.15, -0.1) is 0 Å². The van der Waals surface area contributed by atoms with Crippen molar-refractivity contribution in [1.82, 2.24) is 4.90 Å². The van der Waals surface area contributed by atoms with Crippen LogP contribution in [0.25, 0.3) is 0 Å². The molecule has 2 nitrogen and oxygen atoms in total. The highest BCUT2D eigenvalue weighted by Crippen LogP contribution is 2.35. The highest BCUT2D eigenvalue weighted by atomic mass is 35.5. The molecule has 0 N–H and O–H groups in total. The number of benzene rings is 1. The largest absolute Gasteiger partial charge is 0.366 e. The molecule has 2 saturated heterocycles. The summed E-state index contributed by atoms with van der Waals surface area (Å²) < 4.78 is 0. The van der Waals surface area contributed by atoms with Crippen molar-refractivity contribution in [2.24, 2.45) is 0 Å². The predicted molar refractivity (Wildman–Crippen MR) is 73.3 cm³/mol. The average molecular weight is 271 g/mol. The monoisotopic (exact) mass is 270 g/mol. The summed E-state index contributed by atoms with van der Waals surface area (Å²) in [5, 5.41) is 1.54. The fourth-order valence-electron chi connectivity index (χ4n) is 2.99. The van der Waals surface area contributed by atoms with E-state index >= 15 is 0 Å². The summed E-state index contributed by atoms with van der Waals surface area (Å²) in [5.41, 5.74) is 1.02. The molecule has 2 heterocycles. The van der Waals surface area contributed by atoms with Crippen molar-refractivity contribution >= 4 is 28.9 Å². The van der Waals surface area contributed by atoms with Crippen LogP contribution in [0.3, 0.4) is 0 Å². The lowest BCUT2D eigenvalue weighted by Crippen LogP contribution is -2.50. The van der Waals surface area contributed by atoms with Crippen LogP contribution in [-0.4, -0.2) is 37.1 Å². The van der Waals surface area contributed by atoms with E-state index in [4.69, 9.17) is 23.2 Å². The third-order valence-electron chi connectivity index (χ3n) is 3.84. The van der Waals surface area contributed by atoms with Crippen molar-refractivity contribution in [1.29, 1.82) is 0 Å². The maximum atomic E-state index is 6.27. The van der Waals surface area contributed by atoms with Gasteiger partial charge < -0.3 is 4.90 Å². The number of para-hydroxylation sites is 1. The van der Waals surface area contributed by atoms with Gasteiger partial charge in [0.05, 0.1) is 15.7 Å². The molecule has 2 aliphatic rings. The van der Waals surface area contributed by atoms with Gasteiger partial charge in [-0.05, 0) is 31.5 Å². The van der Waals surface area contributed by atoms with Crippen molar-refractivity contribution in [2.75, 3.05) is 31.1 Å². The zero-order valence-corrected chi connectivity index (χ0v) is 11.2. The molecule has 3 rings (SSSR count). The fourth-order valence-corrected chi connectivity index (χ4v) is 3.62. The minimum Gasteiger partial charge on any atom is -0.366 e. The van der Waals surface area contributed by atoms with E-state index < -0.39 is 0 Å². The number of halogens is 2. The van der Waals surface area contributed by atoms with Crippen LogP contribution in [0.1, 0.15) is 12.8 Å². The third-order valence-corrected chi connectivity index (χ3v) is 4.45. The first-order valence-corrected chi connectivity index (χ1v) is 6.94. The van der Waals surface area contributed by atoms with E-state index in [0.29, 0.717) is 6.04 Å². The molecule has 1 aromatic carbocycles. The van der Waals surface area contributed by atoms with Crippen LogP contribution in [0.5, 0.6) is 0 Å². The van der Waals surface area contributed by atoms with Crippen molar-refractivity contribution in [3.8, 4) is 0 Å². The molecule has 0 aromatic heterocycles. The molecule has 2 fully saturated rings. The summed E-state index contributed by atoms with van der Waals surface area (Å²) in [6.45, 7) is 4.48. The molecule has 1 atom stereocenters. The highest BCUT2D eigenvalue weighted by Gasteiger charge is 2.31. The first-order valence-electron chi connectivity index (χ1n) is 6.19. The Hall–Kier alpha value is -0.440. The Balaban J connectivity index is 1.85. The smallest absolute Gasteiger partial charge is 0.0745 e. The molecule has 92 valence electrons. The van der Waals surface area contributed by atoms with E-state index in [1.54, 1.807) is 0 Å². The van der Waals surface area contributed by atoms with Gasteiger partial charge in [-0.3, -0.25) is 4.90 Å². The topological polar surface area (TPSA) is 6.48 Å². The number of anilines is 1. The lowest BCUT2D eigenvalue weighted by atomic mass is 10.1. The lowest BCUT2D eigenvalue weighted by molar-refractivity contribution is 0.231. The zero-order chi connectivity index (χ0) is 11.8. The molecule has 0 bridgehead atoms. The number of rotatable bonds is 1. The molecule has 1 aromatic rings. The Kier molecular flexibility index (Phi) is 3.20. The Bertz CT molecular complexity index is 402. The summed E-state index contributed by atoms with van der Waals surface area (Å²) in [6.07, 6.45) is 2.63. The van der Waals surface area contributed by atoms with Gasteiger partial charge in [0.25, 0.3) is 0 Å². The standard InChI is InChI=1S/C13H16Cl2N2/c14-11-4-1-5-12(15)13(11)17-8-7-16-6-2-3-10(16)9-17/h1,4-5,10H,2-3,6-9H2. The summed E-state index contributed by atoms with van der Waals surface area (Å²) in [5.74, 6) is 0. The van der Waals surface area contributed by atoms with Gasteiger partial charge in [-0.1, -0.05) is 29.3 Å². The Morgan fingerprint density at radius 3 is 2.59 bits per heavy atom. The van der Waals surface area contributed by atoms with Crippen LogP contribution in [0.4, 0.5) is 5.69 Å². The predicted octanol–water partition coefficient (Wildman–Crippen LogP) is 3.28. The van der Waals surface area contributed by atoms with Gasteiger partial charge in [0.2, 0.25) is 0 Å². The summed E-state index contributed by atoms with van der Waals surface area (Å²) in [6, 6.07) is 6.43. The Labute approximate surface area is 112 Å². The van der Waals surface area contributed by atoms with Gasteiger partial charge >= 0.3 is 0 Å². The van der Waals surface area contributed by atoms with Crippen molar-refractivity contribution in [3.63, 3.8) is 0 Å². The second-order valence-corrected chi connectivity index (χ2v) is 5.66. The second-order valence-electron chi connectivity index (χ2n) is 4.85. The first kappa shape index (κ1) is 11.6. The van der Waals surface area contributed by atoms with Crippen LogP contribution in [0, 0.1) is 0 Å². The lowest BCUT2D eigenvalue weighted by Gasteiger charge is -2.39. The molecule has 0 amide bonds. The van der Waals surface area contributed by atoms with Crippen LogP contribution in [-0.2, 0) is 0 Å². The van der Waals surface area contributed by atoms with E-state index in [2.05, 4.69) is 9.80 Å². The summed E-state index contributed by atoms with van der Waals surface area (Å²) in [7, 11) is 0. The number of piperazine rings is 1. The normalized spacial score (nSPS) is 25.1. The highest BCUT2D eigenvalue weighted by molar-refractivity contribution is 6.39. The number of hydrogen-bond donors (Lipinski definition) is 0. The van der Waals surface area contributed by atoms with E-state index in [1.807, 2.05) is 18.2 Å². The van der Waals surface area contributed by atoms with Gasteiger partial charge in [0.1, 0.15) is 0 Å². The number of hydrogen-bond acceptors (Lipinski definition) is 2. The van der Waals surface area contributed by atoms with Crippen LogP contribution < -0.4 is 4.90 Å². The molecular weight excluding hydrogens is 255 g/mol. The molecular formula is C13H16Cl2N2. The quantitative estimate of drug-likeness (QED) is 0.773. The SMILES string of the molecule is Clc1cccc(Cl)c1N1CCN2CCCC2C1. The number of fused-ring (bicyclic) bond motifs is 1. The van der Waals surface area contributed by atoms with Gasteiger partial charge in [-0.2, -0.15) is 0 Å². The van der Waals surface area contributed by atoms with Crippen LogP contribution >= 0.6 is 23.2 Å². The summed E-state index contributed by atoms with van der Waals surface area (Å²) in [4.78, 5) is 4.93. The second kappa shape index (κ2) is 4.68. The maximum Gasteiger partial charge on any atom is 0.0745 e. The van der Waals surface area contributed by atoms with Crippen LogP contribution in [0.15, 0.2) is 18.2 Å². The van der Waals surface area contributed by atoms with Gasteiger partial charge in [-0.25, -0.2) is 0 Å². The molecule has 1 unspecified atom stereocenters.